The fraction of sp³-hybridized carbons (Fsp3) is 0. The Morgan fingerprint density at radius 1 is 1.22 bits per heavy atom. The summed E-state index contributed by atoms with van der Waals surface area (Å²) in [7, 11) is 0. The summed E-state index contributed by atoms with van der Waals surface area (Å²) in [6.07, 6.45) is 3.04. The Kier molecular flexibility index (Phi) is 5.23. The Bertz CT molecular complexity index is 252. The molecule has 0 N–H and O–H groups in total. The van der Waals surface area contributed by atoms with E-state index in [1.807, 2.05) is 0 Å². The molecule has 0 radical (unpaired) electrons. The average molecular weight is 114 g/mol. The predicted molar refractivity (Wildman–Crippen MR) is 38.7 cm³/mol. The summed E-state index contributed by atoms with van der Waals surface area (Å²) in [6.45, 7) is 6.70. The van der Waals surface area contributed by atoms with Crippen LogP contribution in [0.5, 0.6) is 0 Å². The summed E-state index contributed by atoms with van der Waals surface area (Å²) < 4.78 is 0. The fourth-order valence-electron chi connectivity index (χ4n) is 0.224. The highest BCUT2D eigenvalue weighted by atomic mass is 13.5. The van der Waals surface area contributed by atoms with Crippen molar-refractivity contribution < 1.29 is 0 Å². The smallest absolute Gasteiger partial charge is 0.0396 e. The number of allylic oxidation sites excluding steroid dienone is 2. The van der Waals surface area contributed by atoms with Crippen molar-refractivity contribution in [2.45, 2.75) is 0 Å². The summed E-state index contributed by atoms with van der Waals surface area (Å²) >= 11 is 0. The minimum atomic E-state index is 1.51. The molecule has 9 heavy (non-hydrogen) atoms. The summed E-state index contributed by atoms with van der Waals surface area (Å²) in [5.74, 6) is 5.25. The molecule has 0 unspecified atom stereocenters. The third-order valence-corrected chi connectivity index (χ3v) is 0.490. The van der Waals surface area contributed by atoms with Gasteiger partial charge in [-0.05, 0) is 18.4 Å². The highest BCUT2D eigenvalue weighted by Crippen LogP contribution is 1.60. The molecule has 0 fully saturated rings. The quantitative estimate of drug-likeness (QED) is 0.333. The van der Waals surface area contributed by atoms with Gasteiger partial charge < -0.3 is 0 Å². The molecular weight excluding hydrogens is 108 g/mol. The zero-order chi connectivity index (χ0) is 6.95. The van der Waals surface area contributed by atoms with Gasteiger partial charge in [-0.1, -0.05) is 29.9 Å². The summed E-state index contributed by atoms with van der Waals surface area (Å²) in [5, 5.41) is 0. The van der Waals surface area contributed by atoms with Crippen LogP contribution in [0.15, 0.2) is 42.5 Å². The Balaban J connectivity index is 4.19. The molecule has 0 aromatic carbocycles. The molecule has 0 rings (SSSR count). The van der Waals surface area contributed by atoms with Crippen LogP contribution in [0, 0.1) is 11.8 Å². The molecule has 0 heteroatoms. The Labute approximate surface area is 55.2 Å². The normalized spacial score (nSPS) is 4.44. The first-order valence-corrected chi connectivity index (χ1v) is 2.38. The van der Waals surface area contributed by atoms with Gasteiger partial charge in [0.2, 0.25) is 0 Å². The zero-order valence-corrected chi connectivity index (χ0v) is 5.07. The van der Waals surface area contributed by atoms with Crippen LogP contribution in [0.2, 0.25) is 0 Å². The molecule has 0 bridgehead atoms. The van der Waals surface area contributed by atoms with E-state index in [0.29, 0.717) is 0 Å². The van der Waals surface area contributed by atoms with Gasteiger partial charge in [-0.3, -0.25) is 0 Å². The molecule has 42 valence electrons. The fourth-order valence-corrected chi connectivity index (χ4v) is 0.224. The van der Waals surface area contributed by atoms with Gasteiger partial charge in [0.1, 0.15) is 0 Å². The van der Waals surface area contributed by atoms with Gasteiger partial charge in [-0.15, -0.1) is 0 Å². The van der Waals surface area contributed by atoms with E-state index in [2.05, 4.69) is 42.2 Å². The van der Waals surface area contributed by atoms with Crippen LogP contribution in [0.25, 0.3) is 0 Å². The van der Waals surface area contributed by atoms with Crippen molar-refractivity contribution in [2.24, 2.45) is 0 Å². The first-order chi connectivity index (χ1) is 4.41. The zero-order valence-electron chi connectivity index (χ0n) is 5.07. The molecule has 0 heterocycles. The first kappa shape index (κ1) is 7.38. The van der Waals surface area contributed by atoms with E-state index in [1.165, 1.54) is 12.2 Å². The highest BCUT2D eigenvalue weighted by molar-refractivity contribution is 5.21. The van der Waals surface area contributed by atoms with Gasteiger partial charge in [0.25, 0.3) is 0 Å². The van der Waals surface area contributed by atoms with Crippen molar-refractivity contribution >= 4 is 0 Å². The maximum absolute atomic E-state index is 3.41. The monoisotopic (exact) mass is 114 g/mol. The van der Waals surface area contributed by atoms with Crippen molar-refractivity contribution in [2.75, 3.05) is 0 Å². The maximum Gasteiger partial charge on any atom is 0.0396 e. The molecule has 0 saturated heterocycles. The van der Waals surface area contributed by atoms with Crippen LogP contribution in [0.4, 0.5) is 0 Å². The van der Waals surface area contributed by atoms with Crippen molar-refractivity contribution in [3.63, 3.8) is 0 Å². The van der Waals surface area contributed by atoms with E-state index in [9.17, 15) is 0 Å². The summed E-state index contributed by atoms with van der Waals surface area (Å²) in [4.78, 5) is 0. The largest absolute Gasteiger partial charge is 0.0906 e. The van der Waals surface area contributed by atoms with Gasteiger partial charge >= 0.3 is 0 Å². The summed E-state index contributed by atoms with van der Waals surface area (Å²) in [5.41, 5.74) is 7.51. The van der Waals surface area contributed by atoms with Crippen LogP contribution < -0.4 is 0 Å². The Morgan fingerprint density at radius 3 is 2.56 bits per heavy atom. The van der Waals surface area contributed by atoms with Crippen molar-refractivity contribution in [3.8, 4) is 11.8 Å². The topological polar surface area (TPSA) is 0 Å². The lowest BCUT2D eigenvalue weighted by molar-refractivity contribution is 2.14. The van der Waals surface area contributed by atoms with E-state index >= 15 is 0 Å². The second-order valence-electron chi connectivity index (χ2n) is 1.08. The van der Waals surface area contributed by atoms with Crippen molar-refractivity contribution in [3.05, 3.63) is 42.5 Å². The highest BCUT2D eigenvalue weighted by Gasteiger charge is 1.47. The van der Waals surface area contributed by atoms with Crippen LogP contribution in [0.1, 0.15) is 0 Å². The lowest BCUT2D eigenvalue weighted by Crippen LogP contribution is -1.42. The average Bonchev–Trinajstić information content (AvgIpc) is 1.89. The van der Waals surface area contributed by atoms with Crippen LogP contribution in [0.3, 0.4) is 0 Å². The molecular formula is C9H6. The van der Waals surface area contributed by atoms with E-state index in [1.54, 1.807) is 0 Å². The van der Waals surface area contributed by atoms with E-state index in [-0.39, 0.29) is 0 Å². The third-order valence-electron chi connectivity index (χ3n) is 0.490. The number of hydrogen-bond acceptors (Lipinski definition) is 0. The van der Waals surface area contributed by atoms with E-state index in [0.717, 1.165) is 0 Å². The molecule has 0 saturated carbocycles. The maximum atomic E-state index is 3.41. The second kappa shape index (κ2) is 6.38. The van der Waals surface area contributed by atoms with Gasteiger partial charge in [0.05, 0.1) is 0 Å². The number of hydrogen-bond donors (Lipinski definition) is 0. The standard InChI is InChI=1S/C9H6/c1-3-5-7-9-8-6-4-2/h3,9H,1-2H2. The number of rotatable bonds is 0. The van der Waals surface area contributed by atoms with Crippen LogP contribution in [-0.2, 0) is 0 Å². The molecule has 0 aromatic rings. The summed E-state index contributed by atoms with van der Waals surface area (Å²) in [6, 6.07) is 0. The van der Waals surface area contributed by atoms with Gasteiger partial charge in [-0.25, -0.2) is 0 Å². The molecule has 0 nitrogen and oxygen atoms in total. The second-order valence-corrected chi connectivity index (χ2v) is 1.08. The third kappa shape index (κ3) is 6.38. The van der Waals surface area contributed by atoms with E-state index in [4.69, 9.17) is 0 Å². The van der Waals surface area contributed by atoms with Crippen molar-refractivity contribution in [1.82, 2.24) is 0 Å². The van der Waals surface area contributed by atoms with Gasteiger partial charge in [-0.2, -0.15) is 0 Å². The molecule has 0 spiro atoms. The molecule has 0 amide bonds. The van der Waals surface area contributed by atoms with Crippen LogP contribution in [-0.4, -0.2) is 0 Å². The molecule has 0 aromatic heterocycles. The van der Waals surface area contributed by atoms with Gasteiger partial charge in [0.15, 0.2) is 0 Å². The van der Waals surface area contributed by atoms with E-state index < -0.39 is 0 Å². The minimum absolute atomic E-state index is 1.51. The minimum Gasteiger partial charge on any atom is -0.0906 e. The Hall–Kier alpha value is -1.62. The molecule has 0 aliphatic carbocycles. The lowest BCUT2D eigenvalue weighted by Gasteiger charge is -1.53. The first-order valence-electron chi connectivity index (χ1n) is 2.38. The van der Waals surface area contributed by atoms with Crippen molar-refractivity contribution in [1.29, 1.82) is 0 Å². The van der Waals surface area contributed by atoms with Crippen LogP contribution >= 0.6 is 0 Å². The molecule has 0 aliphatic heterocycles. The molecule has 0 atom stereocenters. The molecule has 0 aliphatic rings. The SMILES string of the molecule is C=C=C=C=CC#CC=C. The lowest BCUT2D eigenvalue weighted by atomic mass is 10.5. The Morgan fingerprint density at radius 2 is 2.00 bits per heavy atom. The van der Waals surface area contributed by atoms with Gasteiger partial charge in [0, 0.05) is 6.08 Å². The predicted octanol–water partition coefficient (Wildman–Crippen LogP) is 1.83.